The Hall–Kier alpha value is -1.14. The Bertz CT molecular complexity index is 434. The van der Waals surface area contributed by atoms with Gasteiger partial charge in [0.2, 0.25) is 0 Å². The largest absolute Gasteiger partial charge is 0.478 e. The van der Waals surface area contributed by atoms with Gasteiger partial charge in [-0.2, -0.15) is 11.8 Å². The number of aromatic carboxylic acids is 1. The number of hydrogen-bond donors (Lipinski definition) is 2. The summed E-state index contributed by atoms with van der Waals surface area (Å²) in [5, 5.41) is 13.3. The summed E-state index contributed by atoms with van der Waals surface area (Å²) in [4.78, 5) is 18.9. The third-order valence-corrected chi connectivity index (χ3v) is 4.73. The zero-order chi connectivity index (χ0) is 13.7. The Morgan fingerprint density at radius 3 is 2.84 bits per heavy atom. The number of hydrogen-bond acceptors (Lipinski definition) is 5. The smallest absolute Gasteiger partial charge is 0.339 e. The molecule has 1 aliphatic rings. The molecule has 19 heavy (non-hydrogen) atoms. The molecule has 0 aliphatic heterocycles. The number of rotatable bonds is 5. The molecule has 0 saturated heterocycles. The molecule has 104 valence electrons. The van der Waals surface area contributed by atoms with Gasteiger partial charge in [-0.05, 0) is 31.9 Å². The molecule has 1 heterocycles. The van der Waals surface area contributed by atoms with E-state index >= 15 is 0 Å². The molecule has 0 radical (unpaired) electrons. The highest BCUT2D eigenvalue weighted by atomic mass is 32.2. The molecule has 0 aromatic carbocycles. The molecule has 6 heteroatoms. The first-order valence-corrected chi connectivity index (χ1v) is 7.78. The molecule has 0 amide bonds. The molecular formula is C13H19N3O2S. The lowest BCUT2D eigenvalue weighted by atomic mass is 9.95. The maximum Gasteiger partial charge on any atom is 0.339 e. The van der Waals surface area contributed by atoms with E-state index in [0.717, 1.165) is 18.1 Å². The third kappa shape index (κ3) is 3.91. The van der Waals surface area contributed by atoms with Gasteiger partial charge in [0.05, 0.1) is 5.69 Å². The minimum Gasteiger partial charge on any atom is -0.478 e. The lowest BCUT2D eigenvalue weighted by Gasteiger charge is -2.28. The zero-order valence-electron chi connectivity index (χ0n) is 11.0. The lowest BCUT2D eigenvalue weighted by Crippen LogP contribution is -2.34. The van der Waals surface area contributed by atoms with Gasteiger partial charge in [-0.1, -0.05) is 0 Å². The van der Waals surface area contributed by atoms with Crippen LogP contribution in [0.5, 0.6) is 0 Å². The van der Waals surface area contributed by atoms with Crippen molar-refractivity contribution in [2.45, 2.75) is 43.5 Å². The fourth-order valence-corrected chi connectivity index (χ4v) is 3.16. The van der Waals surface area contributed by atoms with Gasteiger partial charge in [-0.15, -0.1) is 0 Å². The molecule has 1 saturated carbocycles. The van der Waals surface area contributed by atoms with Gasteiger partial charge in [0.1, 0.15) is 11.9 Å². The van der Waals surface area contributed by atoms with Gasteiger partial charge in [-0.25, -0.2) is 14.8 Å². The Labute approximate surface area is 117 Å². The summed E-state index contributed by atoms with van der Waals surface area (Å²) in [6.45, 7) is 0.499. The van der Waals surface area contributed by atoms with Crippen LogP contribution in [0.4, 0.5) is 0 Å². The van der Waals surface area contributed by atoms with Crippen LogP contribution >= 0.6 is 11.8 Å². The van der Waals surface area contributed by atoms with E-state index in [0.29, 0.717) is 18.3 Å². The van der Waals surface area contributed by atoms with Gasteiger partial charge >= 0.3 is 5.97 Å². The number of nitrogens with zero attached hydrogens (tertiary/aromatic N) is 2. The first kappa shape index (κ1) is 14.3. The average molecular weight is 281 g/mol. The topological polar surface area (TPSA) is 75.1 Å². The van der Waals surface area contributed by atoms with Gasteiger partial charge in [0, 0.05) is 24.0 Å². The van der Waals surface area contributed by atoms with E-state index in [2.05, 4.69) is 21.5 Å². The van der Waals surface area contributed by atoms with E-state index in [1.165, 1.54) is 25.4 Å². The highest BCUT2D eigenvalue weighted by molar-refractivity contribution is 7.99. The minimum atomic E-state index is -0.969. The summed E-state index contributed by atoms with van der Waals surface area (Å²) in [7, 11) is 0. The Kier molecular flexibility index (Phi) is 5.15. The maximum atomic E-state index is 11.0. The van der Waals surface area contributed by atoms with Crippen LogP contribution < -0.4 is 5.32 Å². The van der Waals surface area contributed by atoms with E-state index in [1.54, 1.807) is 0 Å². The summed E-state index contributed by atoms with van der Waals surface area (Å²) in [6.07, 6.45) is 9.68. The van der Waals surface area contributed by atoms with Crippen LogP contribution in [0.2, 0.25) is 0 Å². The van der Waals surface area contributed by atoms with Crippen molar-refractivity contribution in [2.24, 2.45) is 0 Å². The summed E-state index contributed by atoms with van der Waals surface area (Å²) in [5.41, 5.74) is 0.752. The first-order chi connectivity index (χ1) is 9.20. The molecule has 2 N–H and O–H groups in total. The Balaban J connectivity index is 1.88. The fraction of sp³-hybridized carbons (Fsp3) is 0.615. The predicted octanol–water partition coefficient (Wildman–Crippen LogP) is 1.94. The number of nitrogens with one attached hydrogen (secondary N) is 1. The molecule has 0 unspecified atom stereocenters. The first-order valence-electron chi connectivity index (χ1n) is 6.49. The van der Waals surface area contributed by atoms with E-state index in [1.807, 2.05) is 11.8 Å². The second-order valence-electron chi connectivity index (χ2n) is 4.78. The Morgan fingerprint density at radius 1 is 1.47 bits per heavy atom. The second kappa shape index (κ2) is 6.86. The second-order valence-corrected chi connectivity index (χ2v) is 5.92. The standard InChI is InChI=1S/C13H19N3O2S/c1-19-10-4-2-9(3-5-10)15-7-12-11(13(17)18)6-14-8-16-12/h6,8-10,15H,2-5,7H2,1H3,(H,17,18). The molecule has 0 atom stereocenters. The third-order valence-electron chi connectivity index (χ3n) is 3.59. The van der Waals surface area contributed by atoms with Crippen molar-refractivity contribution in [3.63, 3.8) is 0 Å². The van der Waals surface area contributed by atoms with E-state index in [9.17, 15) is 4.79 Å². The molecule has 1 aromatic heterocycles. The van der Waals surface area contributed by atoms with Crippen LogP contribution in [-0.4, -0.2) is 38.6 Å². The number of aromatic nitrogens is 2. The molecule has 1 aromatic rings. The normalized spacial score (nSPS) is 23.2. The van der Waals surface area contributed by atoms with Crippen molar-refractivity contribution < 1.29 is 9.90 Å². The Morgan fingerprint density at radius 2 is 2.21 bits per heavy atom. The van der Waals surface area contributed by atoms with Crippen LogP contribution in [0.1, 0.15) is 41.7 Å². The van der Waals surface area contributed by atoms with Gasteiger partial charge in [-0.3, -0.25) is 0 Å². The molecule has 5 nitrogen and oxygen atoms in total. The van der Waals surface area contributed by atoms with Crippen LogP contribution in [0.3, 0.4) is 0 Å². The minimum absolute atomic E-state index is 0.188. The van der Waals surface area contributed by atoms with Crippen molar-refractivity contribution in [2.75, 3.05) is 6.26 Å². The van der Waals surface area contributed by atoms with Crippen molar-refractivity contribution in [3.05, 3.63) is 23.8 Å². The lowest BCUT2D eigenvalue weighted by molar-refractivity contribution is 0.0694. The number of carbonyl (C=O) groups is 1. The van der Waals surface area contributed by atoms with Gasteiger partial charge < -0.3 is 10.4 Å². The zero-order valence-corrected chi connectivity index (χ0v) is 11.8. The van der Waals surface area contributed by atoms with Crippen molar-refractivity contribution in [1.29, 1.82) is 0 Å². The SMILES string of the molecule is CSC1CCC(NCc2ncncc2C(=O)O)CC1. The summed E-state index contributed by atoms with van der Waals surface area (Å²) in [5.74, 6) is -0.969. The molecular weight excluding hydrogens is 262 g/mol. The van der Waals surface area contributed by atoms with Gasteiger partial charge in [0.25, 0.3) is 0 Å². The van der Waals surface area contributed by atoms with Crippen LogP contribution in [0.25, 0.3) is 0 Å². The average Bonchev–Trinajstić information content (AvgIpc) is 2.46. The fourth-order valence-electron chi connectivity index (χ4n) is 2.42. The van der Waals surface area contributed by atoms with E-state index in [-0.39, 0.29) is 5.56 Å². The monoisotopic (exact) mass is 281 g/mol. The summed E-state index contributed by atoms with van der Waals surface area (Å²) < 4.78 is 0. The highest BCUT2D eigenvalue weighted by Gasteiger charge is 2.20. The number of carboxylic acids is 1. The highest BCUT2D eigenvalue weighted by Crippen LogP contribution is 2.26. The van der Waals surface area contributed by atoms with Crippen molar-refractivity contribution in [1.82, 2.24) is 15.3 Å². The van der Waals surface area contributed by atoms with E-state index in [4.69, 9.17) is 5.11 Å². The van der Waals surface area contributed by atoms with Crippen molar-refractivity contribution in [3.8, 4) is 0 Å². The molecule has 1 fully saturated rings. The quantitative estimate of drug-likeness (QED) is 0.859. The maximum absolute atomic E-state index is 11.0. The predicted molar refractivity (Wildman–Crippen MR) is 75.4 cm³/mol. The summed E-state index contributed by atoms with van der Waals surface area (Å²) in [6, 6.07) is 0.472. The molecule has 0 bridgehead atoms. The molecule has 0 spiro atoms. The van der Waals surface area contributed by atoms with Crippen LogP contribution in [0.15, 0.2) is 12.5 Å². The van der Waals surface area contributed by atoms with Crippen LogP contribution in [-0.2, 0) is 6.54 Å². The van der Waals surface area contributed by atoms with E-state index < -0.39 is 5.97 Å². The van der Waals surface area contributed by atoms with Crippen LogP contribution in [0, 0.1) is 0 Å². The molecule has 1 aliphatic carbocycles. The van der Waals surface area contributed by atoms with Gasteiger partial charge in [0.15, 0.2) is 0 Å². The van der Waals surface area contributed by atoms with Crippen molar-refractivity contribution >= 4 is 17.7 Å². The number of carboxylic acid groups (broad SMARTS) is 1. The molecule has 2 rings (SSSR count). The number of thioether (sulfide) groups is 1. The summed E-state index contributed by atoms with van der Waals surface area (Å²) >= 11 is 1.94.